The van der Waals surface area contributed by atoms with Crippen LogP contribution in [0.5, 0.6) is 5.75 Å². The third kappa shape index (κ3) is 27.9. The quantitative estimate of drug-likeness (QED) is 0.0274. The molecule has 3 aliphatic rings. The SMILES string of the molecule is CCCC[C@H]1C(=O)N(C)[C@@H](CCCC)C(=O)N[C@@H](CCN)C(=O)N[C@H](C(=O)NCC(N)=O)CSCC(=O)N[C@@H](Cc2ccc(O)cc2)C(=O)N(C)[C@@H](C)C(=O)N[C@@H](CC(N)=O)C(=O)N2CCC[C@H]2C(=O)N[C@@H](CN)C(=O)N[C@@H](CCC(N)=O)C(=O)N2C[C@H](O)C[C@H]2C(=O)N[C@@H](Cc2c[nH]c3ccccc23)C(=O)NC(CO)C(=O)N[C@@H](Cc2c[nH]c3ccccc23)C(=O)N1C. The van der Waals surface area contributed by atoms with Gasteiger partial charge in [-0.25, -0.2) is 0 Å². The molecular weight excluding hydrogens is 1700 g/mol. The maximum atomic E-state index is 15.6. The summed E-state index contributed by atoms with van der Waals surface area (Å²) in [4.78, 5) is 271. The molecule has 44 heteroatoms. The average Bonchev–Trinajstić information content (AvgIpc) is 1.76. The van der Waals surface area contributed by atoms with Gasteiger partial charge in [-0.1, -0.05) is 88.1 Å². The van der Waals surface area contributed by atoms with Crippen molar-refractivity contribution < 1.29 is 102 Å². The van der Waals surface area contributed by atoms with Crippen molar-refractivity contribution in [1.82, 2.24) is 87.6 Å². The van der Waals surface area contributed by atoms with Crippen LogP contribution in [-0.2, 0) is 106 Å². The maximum Gasteiger partial charge on any atom is 0.246 e. The number of unbranched alkanes of at least 4 members (excludes halogenated alkanes) is 2. The largest absolute Gasteiger partial charge is 0.508 e. The van der Waals surface area contributed by atoms with Crippen LogP contribution in [0.3, 0.4) is 0 Å². The van der Waals surface area contributed by atoms with Crippen molar-refractivity contribution in [1.29, 1.82) is 0 Å². The normalized spacial score (nSPS) is 25.3. The number of rotatable bonds is 24. The average molecular weight is 1820 g/mol. The number of nitrogens with two attached hydrogens (primary N) is 5. The number of hydrogen-bond donors (Lipinski definition) is 20. The van der Waals surface area contributed by atoms with Crippen LogP contribution >= 0.6 is 11.8 Å². The first-order chi connectivity index (χ1) is 61.4. The second-order valence-electron chi connectivity index (χ2n) is 32.4. The Morgan fingerprint density at radius 1 is 0.512 bits per heavy atom. The van der Waals surface area contributed by atoms with Crippen molar-refractivity contribution in [2.24, 2.45) is 28.7 Å². The van der Waals surface area contributed by atoms with E-state index in [4.69, 9.17) is 28.7 Å². The van der Waals surface area contributed by atoms with Gasteiger partial charge in [0.2, 0.25) is 106 Å². The molecule has 129 heavy (non-hydrogen) atoms. The number of carbonyl (C=O) groups is 18. The standard InChI is InChI=1S/C85H120N22O21S/c1-7-9-20-64-78(121)95-55(29-30-86)74(117)102-63(73(116)93-40-70(90)113)43-129-44-71(114)94-58(32-46-23-25-49(109)26-24-46)81(124)103(4)45(3)72(115)98-60(36-69(89)112)84(127)106-31-15-22-65(106)79(122)100-61(37-87)76(119)96-56(27-28-68(88)111)83(126)107-41-50(110)35-67(107)80(123)97-57(33-47-38-91-53-18-13-11-16-51(47)53)75(118)101-62(42-108)77(120)99-59(34-48-39-92-54-19-14-12-17-52(48)54)82(125)105(6)66(21-10-8-2)85(128)104(64)5/h11-14,16-19,23-26,38-39,45,50,55-67,91-92,108-110H,7-10,15,20-22,27-37,40-44,86-87H2,1-6H3,(H2,88,111)(H2,89,112)(H2,90,113)(H,93,116)(H,94,114)(H,95,121)(H,96,119)(H,97,123)(H,98,115)(H,99,120)(H,100,122)(H,101,118)(H,102,117)/t45-,50+,55-,56-,57-,58-,59-,60-,61-,62?,63-,64-,65-,66-,67-/m0/s1. The molecule has 5 heterocycles. The Balaban J connectivity index is 1.17. The third-order valence-corrected chi connectivity index (χ3v) is 24.1. The van der Waals surface area contributed by atoms with Gasteiger partial charge < -0.3 is 132 Å². The number of likely N-dealkylation sites (N-methyl/N-ethyl adjacent to an activating group) is 3. The Bertz CT molecular complexity index is 4880. The number of primary amides is 3. The van der Waals surface area contributed by atoms with Crippen LogP contribution in [0.2, 0.25) is 0 Å². The van der Waals surface area contributed by atoms with Crippen LogP contribution in [-0.4, -0.2) is 319 Å². The zero-order chi connectivity index (χ0) is 94.6. The predicted molar refractivity (Wildman–Crippen MR) is 470 cm³/mol. The van der Waals surface area contributed by atoms with E-state index in [9.17, 15) is 72.9 Å². The Hall–Kier alpha value is -12.8. The minimum absolute atomic E-state index is 0.00905. The minimum atomic E-state index is -1.92. The van der Waals surface area contributed by atoms with E-state index in [2.05, 4.69) is 63.1 Å². The molecule has 3 aliphatic heterocycles. The second-order valence-corrected chi connectivity index (χ2v) is 33.4. The van der Waals surface area contributed by atoms with Gasteiger partial charge in [0.1, 0.15) is 90.3 Å². The van der Waals surface area contributed by atoms with Gasteiger partial charge in [-0.3, -0.25) is 86.3 Å². The number of para-hydroxylation sites is 2. The molecule has 1 unspecified atom stereocenters. The number of fused-ring (bicyclic) bond motifs is 4. The summed E-state index contributed by atoms with van der Waals surface area (Å²) < 4.78 is 0. The minimum Gasteiger partial charge on any atom is -0.508 e. The van der Waals surface area contributed by atoms with E-state index in [1.54, 1.807) is 60.9 Å². The lowest BCUT2D eigenvalue weighted by Crippen LogP contribution is -2.62. The summed E-state index contributed by atoms with van der Waals surface area (Å²) in [6, 6.07) is -3.08. The van der Waals surface area contributed by atoms with Crippen LogP contribution in [0.1, 0.15) is 121 Å². The molecule has 25 N–H and O–H groups in total. The topological polar surface area (TPSA) is 666 Å². The summed E-state index contributed by atoms with van der Waals surface area (Å²) in [6.07, 6.45) is -0.164. The van der Waals surface area contributed by atoms with Gasteiger partial charge in [0.15, 0.2) is 0 Å². The molecule has 43 nitrogen and oxygen atoms in total. The van der Waals surface area contributed by atoms with Crippen molar-refractivity contribution in [3.63, 3.8) is 0 Å². The lowest BCUT2D eigenvalue weighted by molar-refractivity contribution is -0.149. The fourth-order valence-electron chi connectivity index (χ4n) is 15.7. The lowest BCUT2D eigenvalue weighted by Gasteiger charge is -2.36. The number of benzene rings is 3. The highest BCUT2D eigenvalue weighted by molar-refractivity contribution is 8.00. The smallest absolute Gasteiger partial charge is 0.246 e. The molecule has 0 bridgehead atoms. The number of nitrogens with one attached hydrogen (secondary N) is 12. The number of nitrogens with zero attached hydrogens (tertiary/aromatic N) is 5. The highest BCUT2D eigenvalue weighted by Gasteiger charge is 2.47. The Morgan fingerprint density at radius 2 is 1.03 bits per heavy atom. The van der Waals surface area contributed by atoms with Crippen LogP contribution in [0, 0.1) is 0 Å². The van der Waals surface area contributed by atoms with E-state index in [1.165, 1.54) is 52.3 Å². The van der Waals surface area contributed by atoms with Crippen molar-refractivity contribution in [2.75, 3.05) is 72.0 Å². The number of carbonyl (C=O) groups excluding carboxylic acids is 18. The van der Waals surface area contributed by atoms with Crippen molar-refractivity contribution in [3.05, 3.63) is 102 Å². The van der Waals surface area contributed by atoms with Crippen molar-refractivity contribution in [3.8, 4) is 5.75 Å². The summed E-state index contributed by atoms with van der Waals surface area (Å²) in [5.41, 5.74) is 31.4. The molecule has 702 valence electrons. The van der Waals surface area contributed by atoms with Gasteiger partial charge in [-0.05, 0) is 92.9 Å². The number of aromatic hydroxyl groups is 1. The van der Waals surface area contributed by atoms with Gasteiger partial charge in [-0.15, -0.1) is 11.8 Å². The van der Waals surface area contributed by atoms with E-state index in [0.717, 1.165) is 36.3 Å². The number of aromatic amines is 2. The molecule has 0 aliphatic carbocycles. The summed E-state index contributed by atoms with van der Waals surface area (Å²) in [5, 5.41) is 59.4. The predicted octanol–water partition coefficient (Wildman–Crippen LogP) is -5.63. The highest BCUT2D eigenvalue weighted by Crippen LogP contribution is 2.28. The van der Waals surface area contributed by atoms with Gasteiger partial charge in [0.25, 0.3) is 0 Å². The molecule has 0 radical (unpaired) electrons. The highest BCUT2D eigenvalue weighted by atomic mass is 32.2. The van der Waals surface area contributed by atoms with Crippen LogP contribution in [0.15, 0.2) is 85.2 Å². The molecule has 3 aromatic carbocycles. The summed E-state index contributed by atoms with van der Waals surface area (Å²) in [5.74, 6) is -18.9. The Morgan fingerprint density at radius 3 is 1.63 bits per heavy atom. The van der Waals surface area contributed by atoms with Crippen molar-refractivity contribution >= 4 is 140 Å². The number of aromatic nitrogens is 2. The zero-order valence-electron chi connectivity index (χ0n) is 72.9. The first-order valence-electron chi connectivity index (χ1n) is 42.8. The number of hydrogen-bond acceptors (Lipinski definition) is 24. The molecular formula is C85H120N22O21S. The fraction of sp³-hybridized carbons (Fsp3) is 0.529. The van der Waals surface area contributed by atoms with Gasteiger partial charge in [-0.2, -0.15) is 0 Å². The molecule has 0 saturated carbocycles. The molecule has 2 aromatic heterocycles. The van der Waals surface area contributed by atoms with Crippen LogP contribution in [0.4, 0.5) is 0 Å². The van der Waals surface area contributed by atoms with Gasteiger partial charge in [0.05, 0.1) is 31.4 Å². The first-order valence-corrected chi connectivity index (χ1v) is 44.0. The second kappa shape index (κ2) is 48.4. The molecule has 0 spiro atoms. The molecule has 3 saturated heterocycles. The van der Waals surface area contributed by atoms with Crippen LogP contribution < -0.4 is 81.8 Å². The number of H-pyrrole nitrogens is 2. The number of aliphatic hydroxyl groups excluding tert-OH is 2. The van der Waals surface area contributed by atoms with E-state index >= 15 is 28.8 Å². The lowest BCUT2D eigenvalue weighted by atomic mass is 10.00. The monoisotopic (exact) mass is 1820 g/mol. The van der Waals surface area contributed by atoms with Crippen molar-refractivity contribution in [2.45, 2.75) is 214 Å². The Labute approximate surface area is 748 Å². The Kier molecular flexibility index (Phi) is 38.1. The van der Waals surface area contributed by atoms with Gasteiger partial charge in [0, 0.05) is 113 Å². The number of phenolic OH excluding ortho intramolecular Hbond substituents is 1. The molecule has 8 rings (SSSR count). The summed E-state index contributed by atoms with van der Waals surface area (Å²) in [6.45, 7) is 1.43. The molecule has 5 aromatic rings. The number of aliphatic hydroxyl groups is 2. The van der Waals surface area contributed by atoms with E-state index in [0.29, 0.717) is 64.2 Å². The number of thioether (sulfide) groups is 1. The number of amides is 18. The third-order valence-electron chi connectivity index (χ3n) is 23.0. The van der Waals surface area contributed by atoms with Crippen LogP contribution in [0.25, 0.3) is 21.8 Å². The summed E-state index contributed by atoms with van der Waals surface area (Å²) in [7, 11) is 3.86. The molecule has 15 atom stereocenters. The van der Waals surface area contributed by atoms with E-state index in [1.807, 2.05) is 13.8 Å². The van der Waals surface area contributed by atoms with E-state index < -0.39 is 260 Å². The fourth-order valence-corrected chi connectivity index (χ4v) is 16.5. The van der Waals surface area contributed by atoms with E-state index in [-0.39, 0.29) is 70.2 Å². The maximum absolute atomic E-state index is 15.6. The molecule has 3 fully saturated rings. The van der Waals surface area contributed by atoms with Gasteiger partial charge >= 0.3 is 0 Å². The number of phenols is 1. The first kappa shape index (κ1) is 102. The zero-order valence-corrected chi connectivity index (χ0v) is 73.8. The molecule has 18 amide bonds. The summed E-state index contributed by atoms with van der Waals surface area (Å²) >= 11 is 0.758.